The van der Waals surface area contributed by atoms with E-state index < -0.39 is 0 Å². The van der Waals surface area contributed by atoms with Crippen molar-refractivity contribution in [3.63, 3.8) is 0 Å². The Morgan fingerprint density at radius 1 is 0.950 bits per heavy atom. The number of aryl methyl sites for hydroxylation is 2. The van der Waals surface area contributed by atoms with Crippen LogP contribution in [0.3, 0.4) is 0 Å². The largest absolute Gasteiger partial charge is 0.205 e. The molecular weight excluding hydrogens is 262 g/mol. The lowest BCUT2D eigenvalue weighted by atomic mass is 10.1. The molecule has 0 amide bonds. The Balaban J connectivity index is 1.85. The van der Waals surface area contributed by atoms with Crippen LogP contribution in [-0.4, -0.2) is 11.5 Å². The Hall–Kier alpha value is -0.500. The molecule has 2 heteroatoms. The number of thioether (sulfide) groups is 1. The minimum Gasteiger partial charge on any atom is -0.205 e. The summed E-state index contributed by atoms with van der Waals surface area (Å²) >= 11 is 2.13. The predicted octanol–water partition coefficient (Wildman–Crippen LogP) is 5.16. The zero-order valence-corrected chi connectivity index (χ0v) is 14.3. The first-order chi connectivity index (χ1) is 9.83. The summed E-state index contributed by atoms with van der Waals surface area (Å²) in [5.74, 6) is 2.66. The molecule has 0 aliphatic heterocycles. The Morgan fingerprint density at radius 2 is 1.65 bits per heavy atom. The molecule has 0 saturated heterocycles. The highest BCUT2D eigenvalue weighted by Gasteiger charge is 2.00. The van der Waals surface area contributed by atoms with E-state index in [2.05, 4.69) is 54.7 Å². The number of hydrogen-bond donors (Lipinski definition) is 0. The third kappa shape index (κ3) is 9.41. The van der Waals surface area contributed by atoms with Gasteiger partial charge in [0.15, 0.2) is 12.4 Å². The van der Waals surface area contributed by atoms with Crippen LogP contribution in [0.25, 0.3) is 0 Å². The second-order valence-electron chi connectivity index (χ2n) is 5.71. The lowest BCUT2D eigenvalue weighted by Gasteiger charge is -2.02. The normalized spacial score (nSPS) is 10.9. The highest BCUT2D eigenvalue weighted by Crippen LogP contribution is 2.11. The first kappa shape index (κ1) is 17.6. The first-order valence-electron chi connectivity index (χ1n) is 8.36. The zero-order valence-electron chi connectivity index (χ0n) is 13.4. The molecule has 0 spiro atoms. The van der Waals surface area contributed by atoms with E-state index >= 15 is 0 Å². The van der Waals surface area contributed by atoms with Crippen LogP contribution in [0, 0.1) is 6.92 Å². The summed E-state index contributed by atoms with van der Waals surface area (Å²) in [6.45, 7) is 5.60. The smallest absolute Gasteiger partial charge is 0.171 e. The molecule has 0 bridgehead atoms. The minimum atomic E-state index is 1.16. The number of hydrogen-bond acceptors (Lipinski definition) is 1. The van der Waals surface area contributed by atoms with Crippen molar-refractivity contribution < 1.29 is 4.57 Å². The van der Waals surface area contributed by atoms with Crippen LogP contribution >= 0.6 is 11.8 Å². The SMILES string of the molecule is CCCCCCCCCSCCC[n+]1cccc(C)c1. The Bertz CT molecular complexity index is 338. The molecule has 0 N–H and O–H groups in total. The van der Waals surface area contributed by atoms with Gasteiger partial charge in [-0.3, -0.25) is 0 Å². The van der Waals surface area contributed by atoms with E-state index in [1.165, 1.54) is 68.4 Å². The summed E-state index contributed by atoms with van der Waals surface area (Å²) in [7, 11) is 0. The van der Waals surface area contributed by atoms with Crippen LogP contribution in [0.15, 0.2) is 24.5 Å². The van der Waals surface area contributed by atoms with Gasteiger partial charge in [0.25, 0.3) is 0 Å². The van der Waals surface area contributed by atoms with Crippen LogP contribution in [0.1, 0.15) is 63.9 Å². The third-order valence-corrected chi connectivity index (χ3v) is 4.76. The van der Waals surface area contributed by atoms with Crippen molar-refractivity contribution in [1.82, 2.24) is 0 Å². The molecule has 0 atom stereocenters. The summed E-state index contributed by atoms with van der Waals surface area (Å²) in [5, 5.41) is 0. The average molecular weight is 295 g/mol. The van der Waals surface area contributed by atoms with Crippen molar-refractivity contribution in [2.24, 2.45) is 0 Å². The fourth-order valence-electron chi connectivity index (χ4n) is 2.40. The summed E-state index contributed by atoms with van der Waals surface area (Å²) in [5.41, 5.74) is 1.35. The number of unbranched alkanes of at least 4 members (excludes halogenated alkanes) is 6. The van der Waals surface area contributed by atoms with Gasteiger partial charge in [0.05, 0.1) is 0 Å². The van der Waals surface area contributed by atoms with Gasteiger partial charge in [-0.2, -0.15) is 11.8 Å². The molecule has 0 aliphatic carbocycles. The maximum atomic E-state index is 2.31. The lowest BCUT2D eigenvalue weighted by molar-refractivity contribution is -0.697. The number of pyridine rings is 1. The molecule has 0 aromatic carbocycles. The van der Waals surface area contributed by atoms with Crippen molar-refractivity contribution in [1.29, 1.82) is 0 Å². The fraction of sp³-hybridized carbons (Fsp3) is 0.722. The van der Waals surface area contributed by atoms with Gasteiger partial charge < -0.3 is 0 Å². The lowest BCUT2D eigenvalue weighted by Crippen LogP contribution is -2.33. The standard InChI is InChI=1S/C18H32NS/c1-3-4-5-6-7-8-9-15-20-16-11-14-19-13-10-12-18(2)17-19/h10,12-13,17H,3-9,11,14-16H2,1-2H3/q+1. The van der Waals surface area contributed by atoms with Crippen LogP contribution < -0.4 is 4.57 Å². The van der Waals surface area contributed by atoms with Crippen LogP contribution in [-0.2, 0) is 6.54 Å². The molecule has 1 heterocycles. The summed E-state index contributed by atoms with van der Waals surface area (Å²) in [6.07, 6.45) is 15.7. The van der Waals surface area contributed by atoms with E-state index in [0.717, 1.165) is 6.54 Å². The van der Waals surface area contributed by atoms with Crippen LogP contribution in [0.4, 0.5) is 0 Å². The van der Waals surface area contributed by atoms with Gasteiger partial charge in [-0.15, -0.1) is 0 Å². The van der Waals surface area contributed by atoms with E-state index in [1.54, 1.807) is 0 Å². The topological polar surface area (TPSA) is 3.88 Å². The molecule has 0 saturated carbocycles. The first-order valence-corrected chi connectivity index (χ1v) is 9.52. The maximum absolute atomic E-state index is 2.31. The summed E-state index contributed by atoms with van der Waals surface area (Å²) in [6, 6.07) is 4.30. The predicted molar refractivity (Wildman–Crippen MR) is 91.3 cm³/mol. The van der Waals surface area contributed by atoms with Crippen LogP contribution in [0.5, 0.6) is 0 Å². The van der Waals surface area contributed by atoms with E-state index in [-0.39, 0.29) is 0 Å². The van der Waals surface area contributed by atoms with Crippen molar-refractivity contribution >= 4 is 11.8 Å². The van der Waals surface area contributed by atoms with Crippen molar-refractivity contribution in [2.75, 3.05) is 11.5 Å². The summed E-state index contributed by atoms with van der Waals surface area (Å²) in [4.78, 5) is 0. The monoisotopic (exact) mass is 294 g/mol. The molecule has 0 aliphatic rings. The molecule has 0 fully saturated rings. The van der Waals surface area contributed by atoms with Crippen molar-refractivity contribution in [3.05, 3.63) is 30.1 Å². The van der Waals surface area contributed by atoms with E-state index in [1.807, 2.05) is 0 Å². The molecule has 1 nitrogen and oxygen atoms in total. The highest BCUT2D eigenvalue weighted by molar-refractivity contribution is 7.99. The number of rotatable bonds is 12. The molecule has 1 aromatic rings. The van der Waals surface area contributed by atoms with Gasteiger partial charge in [-0.05, 0) is 30.9 Å². The quantitative estimate of drug-likeness (QED) is 0.380. The minimum absolute atomic E-state index is 1.16. The molecule has 20 heavy (non-hydrogen) atoms. The number of nitrogens with zero attached hydrogens (tertiary/aromatic N) is 1. The van der Waals surface area contributed by atoms with E-state index in [0.29, 0.717) is 0 Å². The summed E-state index contributed by atoms with van der Waals surface area (Å²) < 4.78 is 2.31. The van der Waals surface area contributed by atoms with Crippen molar-refractivity contribution in [3.8, 4) is 0 Å². The van der Waals surface area contributed by atoms with Gasteiger partial charge in [0.1, 0.15) is 6.54 Å². The second-order valence-corrected chi connectivity index (χ2v) is 6.93. The molecule has 0 radical (unpaired) electrons. The van der Waals surface area contributed by atoms with Gasteiger partial charge in [0, 0.05) is 18.1 Å². The van der Waals surface area contributed by atoms with E-state index in [9.17, 15) is 0 Å². The Morgan fingerprint density at radius 3 is 2.40 bits per heavy atom. The molecule has 1 rings (SSSR count). The average Bonchev–Trinajstić information content (AvgIpc) is 2.45. The number of aromatic nitrogens is 1. The van der Waals surface area contributed by atoms with Gasteiger partial charge in [0.2, 0.25) is 0 Å². The third-order valence-electron chi connectivity index (χ3n) is 3.60. The van der Waals surface area contributed by atoms with Gasteiger partial charge in [-0.1, -0.05) is 45.4 Å². The molecule has 114 valence electrons. The Kier molecular flexibility index (Phi) is 10.8. The second kappa shape index (κ2) is 12.3. The van der Waals surface area contributed by atoms with Crippen molar-refractivity contribution in [2.45, 2.75) is 71.8 Å². The van der Waals surface area contributed by atoms with Crippen LogP contribution in [0.2, 0.25) is 0 Å². The highest BCUT2D eigenvalue weighted by atomic mass is 32.2. The molecule has 0 unspecified atom stereocenters. The Labute approximate surface area is 130 Å². The molecular formula is C18H32NS+. The maximum Gasteiger partial charge on any atom is 0.171 e. The zero-order chi connectivity index (χ0) is 14.5. The fourth-order valence-corrected chi connectivity index (χ4v) is 3.35. The van der Waals surface area contributed by atoms with Gasteiger partial charge >= 0.3 is 0 Å². The van der Waals surface area contributed by atoms with E-state index in [4.69, 9.17) is 0 Å². The van der Waals surface area contributed by atoms with Gasteiger partial charge in [-0.25, -0.2) is 4.57 Å². The molecule has 1 aromatic heterocycles.